The number of hydrogen-bond acceptors (Lipinski definition) is 10. The number of rotatable bonds is 18. The molecule has 13 nitrogen and oxygen atoms in total. The van der Waals surface area contributed by atoms with Gasteiger partial charge in [-0.1, -0.05) is 6.07 Å². The highest BCUT2D eigenvalue weighted by Crippen LogP contribution is 2.41. The lowest BCUT2D eigenvalue weighted by Crippen LogP contribution is -2.41. The SMILES string of the molecule is COc1cccc(S(=O)(=O)N2CCC(OCCOCCOCCOCCN)CC2)c1C1CCn2ncc(CC(=O)O)c2C1. The van der Waals surface area contributed by atoms with E-state index in [-0.39, 0.29) is 23.3 Å². The molecule has 3 N–H and O–H groups in total. The number of nitrogens with two attached hydrogens (primary N) is 1. The van der Waals surface area contributed by atoms with E-state index in [0.717, 1.165) is 5.69 Å². The number of sulfonamides is 1. The Morgan fingerprint density at radius 3 is 2.33 bits per heavy atom. The zero-order valence-electron chi connectivity index (χ0n) is 24.8. The predicted molar refractivity (Wildman–Crippen MR) is 157 cm³/mol. The van der Waals surface area contributed by atoms with Gasteiger partial charge in [-0.05, 0) is 43.7 Å². The van der Waals surface area contributed by atoms with E-state index < -0.39 is 16.0 Å². The summed E-state index contributed by atoms with van der Waals surface area (Å²) in [5.74, 6) is -0.569. The van der Waals surface area contributed by atoms with E-state index in [2.05, 4.69) is 5.10 Å². The summed E-state index contributed by atoms with van der Waals surface area (Å²) < 4.78 is 59.1. The lowest BCUT2D eigenvalue weighted by Gasteiger charge is -2.33. The van der Waals surface area contributed by atoms with Crippen LogP contribution in [0.4, 0.5) is 0 Å². The maximum Gasteiger partial charge on any atom is 0.307 e. The molecule has 0 saturated carbocycles. The van der Waals surface area contributed by atoms with Crippen molar-refractivity contribution in [2.75, 3.05) is 73.0 Å². The predicted octanol–water partition coefficient (Wildman–Crippen LogP) is 1.43. The number of carboxylic acids is 1. The van der Waals surface area contributed by atoms with E-state index in [0.29, 0.717) is 115 Å². The summed E-state index contributed by atoms with van der Waals surface area (Å²) in [6.07, 6.45) is 3.76. The molecule has 2 aliphatic heterocycles. The number of fused-ring (bicyclic) bond motifs is 1. The highest BCUT2D eigenvalue weighted by Gasteiger charge is 2.36. The summed E-state index contributed by atoms with van der Waals surface area (Å²) in [5, 5.41) is 13.7. The minimum Gasteiger partial charge on any atom is -0.496 e. The summed E-state index contributed by atoms with van der Waals surface area (Å²) in [6, 6.07) is 5.13. The summed E-state index contributed by atoms with van der Waals surface area (Å²) in [4.78, 5) is 11.6. The normalized spacial score (nSPS) is 18.0. The van der Waals surface area contributed by atoms with E-state index in [9.17, 15) is 18.3 Å². The molecule has 14 heteroatoms. The van der Waals surface area contributed by atoms with Gasteiger partial charge in [0.2, 0.25) is 10.0 Å². The molecular formula is C29H44N4O9S. The van der Waals surface area contributed by atoms with Gasteiger partial charge in [0.05, 0.1) is 77.0 Å². The van der Waals surface area contributed by atoms with Crippen molar-refractivity contribution in [2.24, 2.45) is 5.73 Å². The van der Waals surface area contributed by atoms with Gasteiger partial charge < -0.3 is 34.5 Å². The van der Waals surface area contributed by atoms with Gasteiger partial charge in [0.15, 0.2) is 0 Å². The van der Waals surface area contributed by atoms with Crippen molar-refractivity contribution < 1.29 is 42.0 Å². The monoisotopic (exact) mass is 624 g/mol. The average molecular weight is 625 g/mol. The van der Waals surface area contributed by atoms with Gasteiger partial charge in [-0.3, -0.25) is 9.48 Å². The number of carboxylic acid groups (broad SMARTS) is 1. The standard InChI is InChI=1S/C29H44N4O9S/c1-38-26-3-2-4-27(29(26)22-5-11-33-25(19-22)23(21-31-33)20-28(34)35)43(36,37)32-9-6-24(7-10-32)42-18-17-41-16-15-40-14-13-39-12-8-30/h2-4,21-22,24H,5-20,30H2,1H3,(H,34,35). The van der Waals surface area contributed by atoms with Crippen molar-refractivity contribution in [1.29, 1.82) is 0 Å². The third kappa shape index (κ3) is 8.97. The number of piperidine rings is 1. The van der Waals surface area contributed by atoms with Crippen LogP contribution < -0.4 is 10.5 Å². The molecule has 1 unspecified atom stereocenters. The highest BCUT2D eigenvalue weighted by molar-refractivity contribution is 7.89. The van der Waals surface area contributed by atoms with E-state index in [1.54, 1.807) is 24.4 Å². The van der Waals surface area contributed by atoms with E-state index in [1.165, 1.54) is 11.4 Å². The van der Waals surface area contributed by atoms with Crippen LogP contribution >= 0.6 is 0 Å². The molecule has 1 atom stereocenters. The number of benzene rings is 1. The number of ether oxygens (including phenoxy) is 5. The van der Waals surface area contributed by atoms with Crippen molar-refractivity contribution in [2.45, 2.75) is 55.6 Å². The first-order valence-electron chi connectivity index (χ1n) is 14.8. The molecule has 0 aliphatic carbocycles. The van der Waals surface area contributed by atoms with Gasteiger partial charge in [0.25, 0.3) is 0 Å². The zero-order chi connectivity index (χ0) is 30.7. The number of hydrogen-bond donors (Lipinski definition) is 2. The van der Waals surface area contributed by atoms with Crippen LogP contribution in [0.3, 0.4) is 0 Å². The first-order chi connectivity index (χ1) is 20.8. The third-order valence-corrected chi connectivity index (χ3v) is 9.72. The average Bonchev–Trinajstić information content (AvgIpc) is 3.40. The number of aliphatic carboxylic acids is 1. The van der Waals surface area contributed by atoms with Gasteiger partial charge in [-0.25, -0.2) is 8.42 Å². The molecule has 4 rings (SSSR count). The summed E-state index contributed by atoms with van der Waals surface area (Å²) in [7, 11) is -2.27. The van der Waals surface area contributed by atoms with Crippen LogP contribution in [0.5, 0.6) is 5.75 Å². The molecule has 1 aromatic heterocycles. The molecule has 2 aromatic rings. The quantitative estimate of drug-likeness (QED) is 0.231. The summed E-state index contributed by atoms with van der Waals surface area (Å²) in [5.41, 5.74) is 7.48. The lowest BCUT2D eigenvalue weighted by atomic mass is 9.87. The van der Waals surface area contributed by atoms with E-state index in [4.69, 9.17) is 29.4 Å². The van der Waals surface area contributed by atoms with Crippen LogP contribution in [0.1, 0.15) is 42.0 Å². The number of methoxy groups -OCH3 is 1. The minimum atomic E-state index is -3.81. The smallest absolute Gasteiger partial charge is 0.307 e. The molecule has 0 amide bonds. The van der Waals surface area contributed by atoms with Crippen LogP contribution in [0.2, 0.25) is 0 Å². The van der Waals surface area contributed by atoms with Gasteiger partial charge in [-0.2, -0.15) is 9.40 Å². The Labute approximate surface area is 253 Å². The number of carbonyl (C=O) groups is 1. The Balaban J connectivity index is 1.30. The maximum atomic E-state index is 14.0. The van der Waals surface area contributed by atoms with E-state index in [1.807, 2.05) is 4.68 Å². The zero-order valence-corrected chi connectivity index (χ0v) is 25.6. The second-order valence-electron chi connectivity index (χ2n) is 10.6. The Hall–Kier alpha value is -2.59. The van der Waals surface area contributed by atoms with Crippen molar-refractivity contribution >= 4 is 16.0 Å². The molecule has 1 aromatic carbocycles. The van der Waals surface area contributed by atoms with Crippen LogP contribution in [0.25, 0.3) is 0 Å². The van der Waals surface area contributed by atoms with Crippen LogP contribution in [-0.4, -0.2) is 113 Å². The molecule has 3 heterocycles. The third-order valence-electron chi connectivity index (χ3n) is 7.77. The topological polar surface area (TPSA) is 165 Å². The fourth-order valence-electron chi connectivity index (χ4n) is 5.66. The summed E-state index contributed by atoms with van der Waals surface area (Å²) in [6.45, 7) is 5.11. The molecule has 1 fully saturated rings. The van der Waals surface area contributed by atoms with Crippen molar-refractivity contribution in [3.8, 4) is 5.75 Å². The molecule has 240 valence electrons. The van der Waals surface area contributed by atoms with Crippen LogP contribution in [0.15, 0.2) is 29.3 Å². The molecule has 1 saturated heterocycles. The first-order valence-corrected chi connectivity index (χ1v) is 16.3. The van der Waals surface area contributed by atoms with Crippen LogP contribution in [-0.2, 0) is 53.2 Å². The highest BCUT2D eigenvalue weighted by atomic mass is 32.2. The Bertz CT molecular complexity index is 1280. The summed E-state index contributed by atoms with van der Waals surface area (Å²) >= 11 is 0. The van der Waals surface area contributed by atoms with Crippen molar-refractivity contribution in [3.05, 3.63) is 41.2 Å². The Kier molecular flexibility index (Phi) is 12.8. The molecule has 0 spiro atoms. The molecule has 0 radical (unpaired) electrons. The largest absolute Gasteiger partial charge is 0.496 e. The number of aryl methyl sites for hydroxylation is 1. The Morgan fingerprint density at radius 1 is 1.00 bits per heavy atom. The maximum absolute atomic E-state index is 14.0. The van der Waals surface area contributed by atoms with Gasteiger partial charge >= 0.3 is 5.97 Å². The molecule has 2 aliphatic rings. The van der Waals surface area contributed by atoms with Crippen molar-refractivity contribution in [1.82, 2.24) is 14.1 Å². The van der Waals surface area contributed by atoms with Crippen molar-refractivity contribution in [3.63, 3.8) is 0 Å². The van der Waals surface area contributed by atoms with Gasteiger partial charge in [-0.15, -0.1) is 0 Å². The number of aromatic nitrogens is 2. The molecule has 43 heavy (non-hydrogen) atoms. The fraction of sp³-hybridized carbons (Fsp3) is 0.655. The van der Waals surface area contributed by atoms with E-state index >= 15 is 0 Å². The minimum absolute atomic E-state index is 0.0398. The molecule has 0 bridgehead atoms. The number of nitrogens with zero attached hydrogens (tertiary/aromatic N) is 3. The second kappa shape index (κ2) is 16.5. The Morgan fingerprint density at radius 2 is 1.67 bits per heavy atom. The van der Waals surface area contributed by atoms with Gasteiger partial charge in [0.1, 0.15) is 5.75 Å². The van der Waals surface area contributed by atoms with Crippen LogP contribution in [0, 0.1) is 0 Å². The van der Waals surface area contributed by atoms with Gasteiger partial charge in [0, 0.05) is 43.0 Å². The second-order valence-corrected chi connectivity index (χ2v) is 12.5. The fourth-order valence-corrected chi connectivity index (χ4v) is 7.42. The first kappa shape index (κ1) is 33.3. The lowest BCUT2D eigenvalue weighted by molar-refractivity contribution is -0.136. The molecular weight excluding hydrogens is 580 g/mol.